The lowest BCUT2D eigenvalue weighted by Gasteiger charge is -2.09. The summed E-state index contributed by atoms with van der Waals surface area (Å²) in [6.07, 6.45) is 0.00155. The van der Waals surface area contributed by atoms with Gasteiger partial charge in [-0.2, -0.15) is 0 Å². The fraction of sp³-hybridized carbons (Fsp3) is 0.154. The van der Waals surface area contributed by atoms with Crippen LogP contribution in [0, 0.1) is 0 Å². The third kappa shape index (κ3) is 5.23. The predicted molar refractivity (Wildman–Crippen MR) is 118 cm³/mol. The molecule has 0 aliphatic heterocycles. The molecule has 0 aliphatic rings. The molecule has 0 unspecified atom stereocenters. The minimum absolute atomic E-state index is 0.00155. The van der Waals surface area contributed by atoms with E-state index in [4.69, 9.17) is 0 Å². The van der Waals surface area contributed by atoms with Crippen LogP contribution in [0.3, 0.4) is 0 Å². The molecule has 152 valence electrons. The van der Waals surface area contributed by atoms with Crippen molar-refractivity contribution in [3.05, 3.63) is 107 Å². The Labute approximate surface area is 176 Å². The quantitative estimate of drug-likeness (QED) is 0.418. The molecule has 4 nitrogen and oxygen atoms in total. The molecule has 0 N–H and O–H groups in total. The number of hydrogen-bond acceptors (Lipinski definition) is 4. The van der Waals surface area contributed by atoms with Gasteiger partial charge in [0.15, 0.2) is 23.1 Å². The topological polar surface area (TPSA) is 68.3 Å². The van der Waals surface area contributed by atoms with Crippen molar-refractivity contribution in [2.24, 2.45) is 0 Å². The largest absolute Gasteiger partial charge is 0.294 e. The van der Waals surface area contributed by atoms with E-state index in [0.717, 1.165) is 0 Å². The van der Waals surface area contributed by atoms with Gasteiger partial charge < -0.3 is 0 Å². The number of ketones is 4. The second kappa shape index (κ2) is 9.23. The number of Topliss-reactive ketones (excluding diaryl/α,β-unsaturated/α-hetero) is 4. The molecule has 0 aromatic heterocycles. The summed E-state index contributed by atoms with van der Waals surface area (Å²) in [5, 5.41) is 0. The maximum absolute atomic E-state index is 12.8. The monoisotopic (exact) mass is 400 g/mol. The van der Waals surface area contributed by atoms with Gasteiger partial charge in [0.25, 0.3) is 0 Å². The van der Waals surface area contributed by atoms with Crippen molar-refractivity contribution in [2.45, 2.75) is 27.2 Å². The van der Waals surface area contributed by atoms with Crippen molar-refractivity contribution in [1.29, 1.82) is 0 Å². The molecule has 0 atom stereocenters. The van der Waals surface area contributed by atoms with Crippen LogP contribution < -0.4 is 0 Å². The van der Waals surface area contributed by atoms with Gasteiger partial charge in [0.2, 0.25) is 0 Å². The van der Waals surface area contributed by atoms with Gasteiger partial charge in [-0.05, 0) is 61.3 Å². The Kier molecular flexibility index (Phi) is 6.96. The number of carbonyl (C=O) groups excluding carboxylic acids is 4. The zero-order valence-electron chi connectivity index (χ0n) is 17.5. The van der Waals surface area contributed by atoms with E-state index in [9.17, 15) is 19.2 Å². The van der Waals surface area contributed by atoms with Crippen molar-refractivity contribution < 1.29 is 19.2 Å². The molecule has 0 heterocycles. The van der Waals surface area contributed by atoms with Crippen LogP contribution in [-0.4, -0.2) is 23.1 Å². The van der Waals surface area contributed by atoms with Crippen LogP contribution in [0.25, 0.3) is 0 Å². The average Bonchev–Trinajstić information content (AvgIpc) is 2.71. The van der Waals surface area contributed by atoms with Crippen LogP contribution in [0.1, 0.15) is 67.8 Å². The molecule has 4 heteroatoms. The predicted octanol–water partition coefficient (Wildman–Crippen LogP) is 5.39. The third-order valence-corrected chi connectivity index (χ3v) is 4.51. The van der Waals surface area contributed by atoms with Crippen molar-refractivity contribution in [1.82, 2.24) is 0 Å². The number of hydrogen-bond donors (Lipinski definition) is 0. The lowest BCUT2D eigenvalue weighted by molar-refractivity contribution is 0.0986. The summed E-state index contributed by atoms with van der Waals surface area (Å²) in [6, 6.07) is 11.0. The number of rotatable bonds is 9. The summed E-state index contributed by atoms with van der Waals surface area (Å²) >= 11 is 0. The summed E-state index contributed by atoms with van der Waals surface area (Å²) in [5.74, 6) is -0.952. The van der Waals surface area contributed by atoms with Gasteiger partial charge in [-0.3, -0.25) is 19.2 Å². The first kappa shape index (κ1) is 22.6. The number of allylic oxidation sites excluding steroid dienone is 3. The van der Waals surface area contributed by atoms with Crippen LogP contribution in [0.5, 0.6) is 0 Å². The SMILES string of the molecule is C=C(C)C(=O)c1ccc(C(=O)Cc2cc(C(=O)C(=C)C)cc(C(=O)C(=C)C)c2)cc1. The lowest BCUT2D eigenvalue weighted by Crippen LogP contribution is -2.10. The molecular weight excluding hydrogens is 376 g/mol. The van der Waals surface area contributed by atoms with E-state index in [0.29, 0.717) is 44.5 Å². The second-order valence-corrected chi connectivity index (χ2v) is 7.42. The Hall–Kier alpha value is -3.66. The highest BCUT2D eigenvalue weighted by atomic mass is 16.1. The highest BCUT2D eigenvalue weighted by Crippen LogP contribution is 2.19. The molecule has 0 fully saturated rings. The standard InChI is InChI=1S/C26H24O4/c1-15(2)24(28)20-9-7-19(8-10-20)23(27)13-18-11-21(25(29)16(3)4)14-22(12-18)26(30)17(5)6/h7-12,14H,1,3,5,13H2,2,4,6H3. The van der Waals surface area contributed by atoms with Crippen molar-refractivity contribution in [3.63, 3.8) is 0 Å². The second-order valence-electron chi connectivity index (χ2n) is 7.42. The van der Waals surface area contributed by atoms with Crippen molar-refractivity contribution in [2.75, 3.05) is 0 Å². The van der Waals surface area contributed by atoms with E-state index in [1.165, 1.54) is 6.07 Å². The molecule has 0 bridgehead atoms. The van der Waals surface area contributed by atoms with Crippen LogP contribution in [0.15, 0.2) is 78.9 Å². The van der Waals surface area contributed by atoms with Crippen LogP contribution in [-0.2, 0) is 6.42 Å². The first-order chi connectivity index (χ1) is 14.0. The molecule has 0 spiro atoms. The molecule has 0 saturated heterocycles. The Balaban J connectivity index is 2.37. The molecule has 0 aliphatic carbocycles. The van der Waals surface area contributed by atoms with Crippen LogP contribution in [0.4, 0.5) is 0 Å². The first-order valence-corrected chi connectivity index (χ1v) is 9.39. The summed E-state index contributed by atoms with van der Waals surface area (Å²) in [5.41, 5.74) is 3.14. The summed E-state index contributed by atoms with van der Waals surface area (Å²) in [6.45, 7) is 15.8. The summed E-state index contributed by atoms with van der Waals surface area (Å²) in [4.78, 5) is 49.5. The molecule has 2 aromatic rings. The van der Waals surface area contributed by atoms with E-state index in [-0.39, 0.29) is 29.6 Å². The van der Waals surface area contributed by atoms with Crippen LogP contribution >= 0.6 is 0 Å². The van der Waals surface area contributed by atoms with E-state index in [1.54, 1.807) is 57.2 Å². The third-order valence-electron chi connectivity index (χ3n) is 4.51. The summed E-state index contributed by atoms with van der Waals surface area (Å²) in [7, 11) is 0. The fourth-order valence-electron chi connectivity index (χ4n) is 2.89. The van der Waals surface area contributed by atoms with Gasteiger partial charge in [0.1, 0.15) is 0 Å². The van der Waals surface area contributed by atoms with Gasteiger partial charge in [-0.25, -0.2) is 0 Å². The maximum Gasteiger partial charge on any atom is 0.188 e. The van der Waals surface area contributed by atoms with Gasteiger partial charge in [-0.15, -0.1) is 0 Å². The van der Waals surface area contributed by atoms with Gasteiger partial charge >= 0.3 is 0 Å². The van der Waals surface area contributed by atoms with Gasteiger partial charge in [0.05, 0.1) is 0 Å². The highest BCUT2D eigenvalue weighted by molar-refractivity contribution is 6.13. The van der Waals surface area contributed by atoms with E-state index in [1.807, 2.05) is 0 Å². The van der Waals surface area contributed by atoms with Crippen molar-refractivity contribution in [3.8, 4) is 0 Å². The smallest absolute Gasteiger partial charge is 0.188 e. The fourth-order valence-corrected chi connectivity index (χ4v) is 2.89. The van der Waals surface area contributed by atoms with Gasteiger partial charge in [-0.1, -0.05) is 44.0 Å². The molecular formula is C26H24O4. The Morgan fingerprint density at radius 2 is 0.967 bits per heavy atom. The summed E-state index contributed by atoms with van der Waals surface area (Å²) < 4.78 is 0. The highest BCUT2D eigenvalue weighted by Gasteiger charge is 2.16. The van der Waals surface area contributed by atoms with Crippen LogP contribution in [0.2, 0.25) is 0 Å². The average molecular weight is 400 g/mol. The maximum atomic E-state index is 12.8. The molecule has 2 rings (SSSR count). The van der Waals surface area contributed by atoms with E-state index in [2.05, 4.69) is 19.7 Å². The Morgan fingerprint density at radius 1 is 0.600 bits per heavy atom. The number of benzene rings is 2. The normalized spacial score (nSPS) is 10.2. The van der Waals surface area contributed by atoms with Gasteiger partial charge in [0, 0.05) is 28.7 Å². The molecule has 0 amide bonds. The molecule has 0 radical (unpaired) electrons. The van der Waals surface area contributed by atoms with E-state index < -0.39 is 0 Å². The molecule has 0 saturated carbocycles. The number of carbonyl (C=O) groups is 4. The lowest BCUT2D eigenvalue weighted by atomic mass is 9.93. The Bertz CT molecular complexity index is 1050. The van der Waals surface area contributed by atoms with Crippen molar-refractivity contribution >= 4 is 23.1 Å². The Morgan fingerprint density at radius 3 is 1.37 bits per heavy atom. The molecule has 2 aromatic carbocycles. The zero-order chi connectivity index (χ0) is 22.6. The molecule has 30 heavy (non-hydrogen) atoms. The van der Waals surface area contributed by atoms with E-state index >= 15 is 0 Å². The zero-order valence-corrected chi connectivity index (χ0v) is 17.5. The first-order valence-electron chi connectivity index (χ1n) is 9.39. The minimum atomic E-state index is -0.289. The minimum Gasteiger partial charge on any atom is -0.294 e.